The van der Waals surface area contributed by atoms with E-state index in [2.05, 4.69) is 27.6 Å². The number of H-pyrrole nitrogens is 1. The number of benzene rings is 1. The van der Waals surface area contributed by atoms with Gasteiger partial charge >= 0.3 is 0 Å². The van der Waals surface area contributed by atoms with Gasteiger partial charge in [0.1, 0.15) is 0 Å². The van der Waals surface area contributed by atoms with E-state index in [9.17, 15) is 4.79 Å². The van der Waals surface area contributed by atoms with Crippen LogP contribution >= 0.6 is 11.8 Å². The first-order valence-corrected chi connectivity index (χ1v) is 6.39. The maximum atomic E-state index is 10.9. The minimum Gasteiger partial charge on any atom is -0.309 e. The van der Waals surface area contributed by atoms with Crippen LogP contribution < -0.4 is 5.32 Å². The van der Waals surface area contributed by atoms with E-state index in [0.717, 1.165) is 11.3 Å². The van der Waals surface area contributed by atoms with Crippen LogP contribution in [-0.2, 0) is 4.79 Å². The van der Waals surface area contributed by atoms with E-state index in [1.54, 1.807) is 11.8 Å². The van der Waals surface area contributed by atoms with E-state index in [1.165, 1.54) is 11.8 Å². The molecule has 5 heteroatoms. The number of amides is 1. The van der Waals surface area contributed by atoms with Crippen molar-refractivity contribution in [2.24, 2.45) is 0 Å². The fraction of sp³-hybridized carbons (Fsp3) is 0.167. The molecule has 0 aliphatic heterocycles. The lowest BCUT2D eigenvalue weighted by Crippen LogP contribution is -2.05. The number of aromatic nitrogens is 2. The SMILES string of the molecule is CSc1ccc(-c2cc(NC(C)=O)n[nH]2)cc1. The third kappa shape index (κ3) is 2.88. The van der Waals surface area contributed by atoms with Crippen molar-refractivity contribution in [1.29, 1.82) is 0 Å². The second kappa shape index (κ2) is 5.05. The average molecular weight is 247 g/mol. The zero-order valence-corrected chi connectivity index (χ0v) is 10.5. The first kappa shape index (κ1) is 11.7. The van der Waals surface area contributed by atoms with Crippen LogP contribution in [0.3, 0.4) is 0 Å². The summed E-state index contributed by atoms with van der Waals surface area (Å²) in [5, 5.41) is 9.54. The second-order valence-electron chi connectivity index (χ2n) is 3.58. The van der Waals surface area contributed by atoms with E-state index >= 15 is 0 Å². The Balaban J connectivity index is 2.21. The summed E-state index contributed by atoms with van der Waals surface area (Å²) in [6.45, 7) is 1.46. The first-order valence-electron chi connectivity index (χ1n) is 5.16. The fourth-order valence-electron chi connectivity index (χ4n) is 1.48. The molecule has 1 aromatic carbocycles. The molecule has 0 saturated heterocycles. The van der Waals surface area contributed by atoms with E-state index in [4.69, 9.17) is 0 Å². The maximum absolute atomic E-state index is 10.9. The van der Waals surface area contributed by atoms with E-state index in [0.29, 0.717) is 5.82 Å². The Labute approximate surface area is 104 Å². The molecule has 0 fully saturated rings. The number of rotatable bonds is 3. The number of hydrogen-bond donors (Lipinski definition) is 2. The predicted molar refractivity (Wildman–Crippen MR) is 70.1 cm³/mol. The van der Waals surface area contributed by atoms with E-state index in [-0.39, 0.29) is 5.91 Å². The number of nitrogens with zero attached hydrogens (tertiary/aromatic N) is 1. The van der Waals surface area contributed by atoms with Crippen molar-refractivity contribution in [1.82, 2.24) is 10.2 Å². The molecular formula is C12H13N3OS. The number of carbonyl (C=O) groups excluding carboxylic acids is 1. The molecule has 0 aliphatic carbocycles. The highest BCUT2D eigenvalue weighted by atomic mass is 32.2. The van der Waals surface area contributed by atoms with Crippen LogP contribution in [-0.4, -0.2) is 22.4 Å². The van der Waals surface area contributed by atoms with E-state index < -0.39 is 0 Å². The lowest BCUT2D eigenvalue weighted by Gasteiger charge is -1.98. The molecule has 0 unspecified atom stereocenters. The summed E-state index contributed by atoms with van der Waals surface area (Å²) < 4.78 is 0. The molecular weight excluding hydrogens is 234 g/mol. The molecule has 4 nitrogen and oxygen atoms in total. The zero-order valence-electron chi connectivity index (χ0n) is 9.65. The molecule has 0 bridgehead atoms. The minimum atomic E-state index is -0.124. The van der Waals surface area contributed by atoms with Crippen molar-refractivity contribution in [3.8, 4) is 11.3 Å². The van der Waals surface area contributed by atoms with Gasteiger partial charge in [0.05, 0.1) is 5.69 Å². The van der Waals surface area contributed by atoms with Crippen LogP contribution in [0.15, 0.2) is 35.2 Å². The molecule has 0 atom stereocenters. The second-order valence-corrected chi connectivity index (χ2v) is 4.46. The van der Waals surface area contributed by atoms with Crippen molar-refractivity contribution in [2.45, 2.75) is 11.8 Å². The Morgan fingerprint density at radius 2 is 2.06 bits per heavy atom. The zero-order chi connectivity index (χ0) is 12.3. The topological polar surface area (TPSA) is 57.8 Å². The van der Waals surface area contributed by atoms with Gasteiger partial charge in [-0.25, -0.2) is 0 Å². The molecule has 0 saturated carbocycles. The average Bonchev–Trinajstić information content (AvgIpc) is 2.77. The van der Waals surface area contributed by atoms with Gasteiger partial charge in [-0.05, 0) is 24.0 Å². The lowest BCUT2D eigenvalue weighted by atomic mass is 10.1. The van der Waals surface area contributed by atoms with E-state index in [1.807, 2.05) is 24.5 Å². The van der Waals surface area contributed by atoms with Gasteiger partial charge < -0.3 is 5.32 Å². The smallest absolute Gasteiger partial charge is 0.222 e. The summed E-state index contributed by atoms with van der Waals surface area (Å²) in [6, 6.07) is 9.97. The third-order valence-electron chi connectivity index (χ3n) is 2.28. The van der Waals surface area contributed by atoms with Crippen molar-refractivity contribution in [3.05, 3.63) is 30.3 Å². The number of nitrogens with one attached hydrogen (secondary N) is 2. The quantitative estimate of drug-likeness (QED) is 0.820. The predicted octanol–water partition coefficient (Wildman–Crippen LogP) is 2.76. The van der Waals surface area contributed by atoms with Crippen LogP contribution in [0.5, 0.6) is 0 Å². The molecule has 0 radical (unpaired) electrons. The highest BCUT2D eigenvalue weighted by Crippen LogP contribution is 2.23. The van der Waals surface area contributed by atoms with Crippen molar-refractivity contribution in [3.63, 3.8) is 0 Å². The molecule has 2 aromatic rings. The molecule has 1 heterocycles. The Morgan fingerprint density at radius 3 is 2.65 bits per heavy atom. The Morgan fingerprint density at radius 1 is 1.35 bits per heavy atom. The van der Waals surface area contributed by atoms with Crippen LogP contribution in [0.25, 0.3) is 11.3 Å². The Bertz CT molecular complexity index is 519. The van der Waals surface area contributed by atoms with Crippen LogP contribution in [0.2, 0.25) is 0 Å². The monoisotopic (exact) mass is 247 g/mol. The summed E-state index contributed by atoms with van der Waals surface area (Å²) in [6.07, 6.45) is 2.04. The van der Waals surface area contributed by atoms with Gasteiger partial charge in [-0.1, -0.05) is 12.1 Å². The molecule has 17 heavy (non-hydrogen) atoms. The highest BCUT2D eigenvalue weighted by molar-refractivity contribution is 7.98. The first-order chi connectivity index (χ1) is 8.19. The number of hydrogen-bond acceptors (Lipinski definition) is 3. The molecule has 0 aliphatic rings. The van der Waals surface area contributed by atoms with Crippen molar-refractivity contribution < 1.29 is 4.79 Å². The number of aromatic amines is 1. The Hall–Kier alpha value is -1.75. The van der Waals surface area contributed by atoms with Gasteiger partial charge in [-0.3, -0.25) is 9.89 Å². The Kier molecular flexibility index (Phi) is 3.49. The maximum Gasteiger partial charge on any atom is 0.222 e. The van der Waals surface area contributed by atoms with Gasteiger partial charge in [-0.15, -0.1) is 11.8 Å². The molecule has 1 amide bonds. The third-order valence-corrected chi connectivity index (χ3v) is 3.03. The summed E-state index contributed by atoms with van der Waals surface area (Å²) >= 11 is 1.70. The van der Waals surface area contributed by atoms with Gasteiger partial charge in [-0.2, -0.15) is 5.10 Å². The van der Waals surface area contributed by atoms with Crippen molar-refractivity contribution in [2.75, 3.05) is 11.6 Å². The largest absolute Gasteiger partial charge is 0.309 e. The van der Waals surface area contributed by atoms with Gasteiger partial charge in [0.2, 0.25) is 5.91 Å². The molecule has 0 spiro atoms. The van der Waals surface area contributed by atoms with Crippen LogP contribution in [0.1, 0.15) is 6.92 Å². The van der Waals surface area contributed by atoms with Gasteiger partial charge in [0.15, 0.2) is 5.82 Å². The number of carbonyl (C=O) groups is 1. The van der Waals surface area contributed by atoms with Crippen LogP contribution in [0.4, 0.5) is 5.82 Å². The summed E-state index contributed by atoms with van der Waals surface area (Å²) in [5.74, 6) is 0.419. The number of anilines is 1. The normalized spacial score (nSPS) is 10.2. The molecule has 88 valence electrons. The summed E-state index contributed by atoms with van der Waals surface area (Å²) in [4.78, 5) is 12.1. The van der Waals surface area contributed by atoms with Gasteiger partial charge in [0, 0.05) is 17.9 Å². The number of thioether (sulfide) groups is 1. The summed E-state index contributed by atoms with van der Waals surface area (Å²) in [7, 11) is 0. The molecule has 1 aromatic heterocycles. The fourth-order valence-corrected chi connectivity index (χ4v) is 1.89. The summed E-state index contributed by atoms with van der Waals surface area (Å²) in [5.41, 5.74) is 1.94. The highest BCUT2D eigenvalue weighted by Gasteiger charge is 2.04. The van der Waals surface area contributed by atoms with Crippen molar-refractivity contribution >= 4 is 23.5 Å². The molecule has 2 N–H and O–H groups in total. The van der Waals surface area contributed by atoms with Gasteiger partial charge in [0.25, 0.3) is 0 Å². The minimum absolute atomic E-state index is 0.124. The lowest BCUT2D eigenvalue weighted by molar-refractivity contribution is -0.114. The molecule has 2 rings (SSSR count). The standard InChI is InChI=1S/C12H13N3OS/c1-8(16)13-12-7-11(14-15-12)9-3-5-10(17-2)6-4-9/h3-7H,1-2H3,(H2,13,14,15,16). The van der Waals surface area contributed by atoms with Crippen LogP contribution in [0, 0.1) is 0 Å².